The maximum Gasteiger partial charge on any atom is 0.251 e. The fourth-order valence-corrected chi connectivity index (χ4v) is 5.17. The molecule has 2 heterocycles. The van der Waals surface area contributed by atoms with Gasteiger partial charge in [-0.25, -0.2) is 0 Å². The molecular formula is C22H22N4O4S. The van der Waals surface area contributed by atoms with E-state index in [0.29, 0.717) is 12.1 Å². The second-order valence-electron chi connectivity index (χ2n) is 7.45. The Hall–Kier alpha value is -3.33. The Morgan fingerprint density at radius 1 is 1.10 bits per heavy atom. The Morgan fingerprint density at radius 2 is 1.81 bits per heavy atom. The van der Waals surface area contributed by atoms with Gasteiger partial charge in [0, 0.05) is 11.3 Å². The second-order valence-corrected chi connectivity index (χ2v) is 8.64. The molecule has 2 aliphatic heterocycles. The summed E-state index contributed by atoms with van der Waals surface area (Å²) in [6, 6.07) is 15.0. The molecule has 0 bridgehead atoms. The summed E-state index contributed by atoms with van der Waals surface area (Å²) in [5, 5.41) is 5.04. The van der Waals surface area contributed by atoms with Crippen LogP contribution in [0.1, 0.15) is 23.7 Å². The number of primary amides is 1. The average molecular weight is 439 g/mol. The van der Waals surface area contributed by atoms with Gasteiger partial charge >= 0.3 is 0 Å². The maximum absolute atomic E-state index is 13.6. The van der Waals surface area contributed by atoms with Crippen LogP contribution in [0.5, 0.6) is 0 Å². The number of para-hydroxylation sites is 1. The molecular weight excluding hydrogens is 416 g/mol. The number of amides is 4. The minimum atomic E-state index is -0.954. The van der Waals surface area contributed by atoms with Gasteiger partial charge in [-0.05, 0) is 24.1 Å². The average Bonchev–Trinajstić information content (AvgIpc) is 3.17. The highest BCUT2D eigenvalue weighted by Gasteiger charge is 2.41. The molecule has 0 saturated carbocycles. The number of nitrogens with two attached hydrogens (primary N) is 1. The second kappa shape index (κ2) is 8.81. The molecule has 0 spiro atoms. The number of benzene rings is 2. The van der Waals surface area contributed by atoms with E-state index >= 15 is 0 Å². The van der Waals surface area contributed by atoms with Crippen LogP contribution in [0.25, 0.3) is 0 Å². The molecule has 3 atom stereocenters. The number of hydrogen-bond acceptors (Lipinski definition) is 5. The van der Waals surface area contributed by atoms with Crippen LogP contribution in [-0.2, 0) is 19.2 Å². The topological polar surface area (TPSA) is 122 Å². The molecule has 0 aliphatic carbocycles. The van der Waals surface area contributed by atoms with Crippen LogP contribution < -0.4 is 21.3 Å². The smallest absolute Gasteiger partial charge is 0.251 e. The van der Waals surface area contributed by atoms with Crippen molar-refractivity contribution >= 4 is 41.1 Å². The number of nitrogens with zero attached hydrogens (tertiary/aromatic N) is 1. The lowest BCUT2D eigenvalue weighted by Crippen LogP contribution is -2.55. The van der Waals surface area contributed by atoms with Crippen molar-refractivity contribution in [3.8, 4) is 0 Å². The predicted octanol–water partition coefficient (Wildman–Crippen LogP) is 1.12. The molecule has 4 amide bonds. The van der Waals surface area contributed by atoms with Gasteiger partial charge in [-0.2, -0.15) is 0 Å². The van der Waals surface area contributed by atoms with Crippen LogP contribution in [0.4, 0.5) is 5.69 Å². The Balaban J connectivity index is 1.74. The van der Waals surface area contributed by atoms with Gasteiger partial charge in [0.1, 0.15) is 18.6 Å². The maximum atomic E-state index is 13.6. The quantitative estimate of drug-likeness (QED) is 0.646. The number of carbonyl (C=O) groups is 4. The lowest BCUT2D eigenvalue weighted by atomic mass is 10.0. The highest BCUT2D eigenvalue weighted by atomic mass is 32.2. The van der Waals surface area contributed by atoms with Crippen LogP contribution in [0.2, 0.25) is 0 Å². The van der Waals surface area contributed by atoms with E-state index in [1.807, 2.05) is 42.5 Å². The Bertz CT molecular complexity index is 1030. The summed E-state index contributed by atoms with van der Waals surface area (Å²) in [5.41, 5.74) is 6.86. The third-order valence-electron chi connectivity index (χ3n) is 5.30. The number of nitrogens with one attached hydrogen (secondary N) is 2. The van der Waals surface area contributed by atoms with Crippen molar-refractivity contribution in [2.45, 2.75) is 35.1 Å². The van der Waals surface area contributed by atoms with Crippen molar-refractivity contribution in [1.29, 1.82) is 0 Å². The summed E-state index contributed by atoms with van der Waals surface area (Å²) in [7, 11) is 0. The van der Waals surface area contributed by atoms with Crippen LogP contribution in [-0.4, -0.2) is 42.3 Å². The van der Waals surface area contributed by atoms with Gasteiger partial charge in [0.2, 0.25) is 17.7 Å². The number of carbonyl (C=O) groups excluding carboxylic acids is 4. The SMILES string of the molecule is NC(=O)CN1C(=O)[C@H](NC(=O)[C@@H]2CCC(=O)N2)[C@H](c2ccccc2)Sc2ccccc21. The zero-order chi connectivity index (χ0) is 22.0. The molecule has 9 heteroatoms. The van der Waals surface area contributed by atoms with Gasteiger partial charge in [-0.3, -0.25) is 19.2 Å². The van der Waals surface area contributed by atoms with Crippen molar-refractivity contribution in [2.75, 3.05) is 11.4 Å². The first-order chi connectivity index (χ1) is 14.9. The largest absolute Gasteiger partial charge is 0.368 e. The molecule has 1 fully saturated rings. The molecule has 0 unspecified atom stereocenters. The first-order valence-corrected chi connectivity index (χ1v) is 10.8. The first-order valence-electron chi connectivity index (χ1n) is 9.94. The highest BCUT2D eigenvalue weighted by Crippen LogP contribution is 2.45. The summed E-state index contributed by atoms with van der Waals surface area (Å²) in [5.74, 6) is -1.69. The summed E-state index contributed by atoms with van der Waals surface area (Å²) in [4.78, 5) is 52.0. The molecule has 0 aromatic heterocycles. The normalized spacial score (nSPS) is 23.0. The molecule has 1 saturated heterocycles. The third kappa shape index (κ3) is 4.41. The number of rotatable bonds is 5. The lowest BCUT2D eigenvalue weighted by Gasteiger charge is -2.29. The van der Waals surface area contributed by atoms with Gasteiger partial charge < -0.3 is 21.3 Å². The van der Waals surface area contributed by atoms with E-state index in [9.17, 15) is 19.2 Å². The van der Waals surface area contributed by atoms with Crippen LogP contribution in [0.3, 0.4) is 0 Å². The Kier molecular flexibility index (Phi) is 5.94. The number of hydrogen-bond donors (Lipinski definition) is 3. The van der Waals surface area contributed by atoms with Crippen molar-refractivity contribution in [3.63, 3.8) is 0 Å². The van der Waals surface area contributed by atoms with E-state index in [4.69, 9.17) is 5.73 Å². The summed E-state index contributed by atoms with van der Waals surface area (Å²) >= 11 is 1.44. The predicted molar refractivity (Wildman–Crippen MR) is 116 cm³/mol. The first kappa shape index (κ1) is 20.9. The van der Waals surface area contributed by atoms with Crippen LogP contribution in [0.15, 0.2) is 59.5 Å². The van der Waals surface area contributed by atoms with Crippen molar-refractivity contribution in [3.05, 3.63) is 60.2 Å². The highest BCUT2D eigenvalue weighted by molar-refractivity contribution is 7.99. The fraction of sp³-hybridized carbons (Fsp3) is 0.273. The zero-order valence-electron chi connectivity index (χ0n) is 16.6. The molecule has 0 radical (unpaired) electrons. The number of fused-ring (bicyclic) bond motifs is 1. The minimum Gasteiger partial charge on any atom is -0.368 e. The van der Waals surface area contributed by atoms with Crippen molar-refractivity contribution in [2.24, 2.45) is 5.73 Å². The molecule has 160 valence electrons. The zero-order valence-corrected chi connectivity index (χ0v) is 17.4. The Morgan fingerprint density at radius 3 is 2.48 bits per heavy atom. The molecule has 2 aromatic carbocycles. The van der Waals surface area contributed by atoms with Gasteiger partial charge in [-0.1, -0.05) is 42.5 Å². The van der Waals surface area contributed by atoms with Crippen LogP contribution in [0, 0.1) is 0 Å². The standard InChI is InChI=1S/C22H22N4O4S/c23-17(27)12-26-15-8-4-5-9-16(15)31-20(13-6-2-1-3-7-13)19(22(26)30)25-21(29)14-10-11-18(28)24-14/h1-9,14,19-20H,10-12H2,(H2,23,27)(H,24,28)(H,25,29)/t14-,19+,20-/m0/s1. The molecule has 2 aliphatic rings. The third-order valence-corrected chi connectivity index (χ3v) is 6.69. The molecule has 2 aromatic rings. The van der Waals surface area contributed by atoms with Gasteiger partial charge in [-0.15, -0.1) is 11.8 Å². The number of anilines is 1. The fourth-order valence-electron chi connectivity index (χ4n) is 3.82. The summed E-state index contributed by atoms with van der Waals surface area (Å²) in [6.07, 6.45) is 0.646. The van der Waals surface area contributed by atoms with E-state index in [2.05, 4.69) is 10.6 Å². The van der Waals surface area contributed by atoms with Gasteiger partial charge in [0.05, 0.1) is 10.9 Å². The lowest BCUT2D eigenvalue weighted by molar-refractivity contribution is -0.129. The van der Waals surface area contributed by atoms with E-state index in [1.165, 1.54) is 16.7 Å². The van der Waals surface area contributed by atoms with Gasteiger partial charge in [0.25, 0.3) is 5.91 Å². The summed E-state index contributed by atoms with van der Waals surface area (Å²) in [6.45, 7) is -0.301. The minimum absolute atomic E-state index is 0.191. The Labute approximate surface area is 183 Å². The molecule has 31 heavy (non-hydrogen) atoms. The summed E-state index contributed by atoms with van der Waals surface area (Å²) < 4.78 is 0. The molecule has 8 nitrogen and oxygen atoms in total. The van der Waals surface area contributed by atoms with E-state index in [0.717, 1.165) is 10.5 Å². The van der Waals surface area contributed by atoms with Crippen molar-refractivity contribution in [1.82, 2.24) is 10.6 Å². The van der Waals surface area contributed by atoms with E-state index in [-0.39, 0.29) is 18.9 Å². The van der Waals surface area contributed by atoms with E-state index < -0.39 is 35.1 Å². The molecule has 4 N–H and O–H groups in total. The van der Waals surface area contributed by atoms with Gasteiger partial charge in [0.15, 0.2) is 0 Å². The van der Waals surface area contributed by atoms with Crippen LogP contribution >= 0.6 is 11.8 Å². The number of thioether (sulfide) groups is 1. The van der Waals surface area contributed by atoms with Crippen molar-refractivity contribution < 1.29 is 19.2 Å². The molecule has 4 rings (SSSR count). The van der Waals surface area contributed by atoms with E-state index in [1.54, 1.807) is 12.1 Å². The monoisotopic (exact) mass is 438 g/mol.